The molecule has 0 saturated heterocycles. The van der Waals surface area contributed by atoms with Gasteiger partial charge < -0.3 is 19.1 Å². The highest BCUT2D eigenvalue weighted by Gasteiger charge is 2.09. The van der Waals surface area contributed by atoms with E-state index in [9.17, 15) is 10.3 Å². The normalized spacial score (nSPS) is 12.3. The molecule has 108 valence electrons. The zero-order valence-corrected chi connectivity index (χ0v) is 11.3. The van der Waals surface area contributed by atoms with Gasteiger partial charge in [-0.05, 0) is 36.4 Å². The predicted molar refractivity (Wildman–Crippen MR) is 79.4 cm³/mol. The molecule has 1 aromatic carbocycles. The van der Waals surface area contributed by atoms with Gasteiger partial charge in [-0.3, -0.25) is 0 Å². The molecule has 6 heteroatoms. The molecule has 0 aliphatic heterocycles. The lowest BCUT2D eigenvalue weighted by Crippen LogP contribution is -2.03. The number of fused-ring (bicyclic) bond motifs is 2. The number of benzene rings is 1. The summed E-state index contributed by atoms with van der Waals surface area (Å²) in [6.07, 6.45) is 3.60. The summed E-state index contributed by atoms with van der Waals surface area (Å²) in [5.41, 5.74) is 2.11. The summed E-state index contributed by atoms with van der Waals surface area (Å²) in [6.45, 7) is 0. The van der Waals surface area contributed by atoms with Crippen LogP contribution in [-0.4, -0.2) is 19.7 Å². The number of hydrogen-bond donors (Lipinski definition) is 2. The monoisotopic (exact) mass is 293 g/mol. The van der Waals surface area contributed by atoms with Gasteiger partial charge in [0, 0.05) is 17.8 Å². The Morgan fingerprint density at radius 1 is 1.14 bits per heavy atom. The lowest BCUT2D eigenvalue weighted by Gasteiger charge is -2.05. The molecular formula is C16H11N3O3. The number of phenols is 1. The van der Waals surface area contributed by atoms with E-state index in [2.05, 4.69) is 10.1 Å². The Morgan fingerprint density at radius 2 is 2.05 bits per heavy atom. The summed E-state index contributed by atoms with van der Waals surface area (Å²) >= 11 is 0. The van der Waals surface area contributed by atoms with Crippen LogP contribution in [0.3, 0.4) is 0 Å². The van der Waals surface area contributed by atoms with E-state index in [-0.39, 0.29) is 5.75 Å². The third-order valence-corrected chi connectivity index (χ3v) is 3.50. The van der Waals surface area contributed by atoms with E-state index in [1.807, 2.05) is 28.8 Å². The minimum atomic E-state index is 0.0769. The molecule has 0 radical (unpaired) electrons. The second kappa shape index (κ2) is 4.63. The first-order valence-corrected chi connectivity index (χ1v) is 6.63. The van der Waals surface area contributed by atoms with Crippen molar-refractivity contribution in [1.82, 2.24) is 9.38 Å². The number of aromatic hydroxyl groups is 1. The SMILES string of the molecule is O/N=c1/cc(-c2cc3cccn3cn2)oc2ccc(O)cc12. The summed E-state index contributed by atoms with van der Waals surface area (Å²) in [4.78, 5) is 4.35. The number of aromatic nitrogens is 2. The molecule has 0 amide bonds. The number of phenolic OH excluding ortho intramolecular Hbond substituents is 1. The van der Waals surface area contributed by atoms with Crippen LogP contribution >= 0.6 is 0 Å². The molecular weight excluding hydrogens is 282 g/mol. The van der Waals surface area contributed by atoms with Gasteiger partial charge in [0.1, 0.15) is 22.4 Å². The largest absolute Gasteiger partial charge is 0.508 e. The summed E-state index contributed by atoms with van der Waals surface area (Å²) < 4.78 is 7.71. The summed E-state index contributed by atoms with van der Waals surface area (Å²) in [5.74, 6) is 0.558. The maximum Gasteiger partial charge on any atom is 0.155 e. The molecule has 6 nitrogen and oxygen atoms in total. The average Bonchev–Trinajstić information content (AvgIpc) is 3.01. The third-order valence-electron chi connectivity index (χ3n) is 3.50. The van der Waals surface area contributed by atoms with E-state index in [4.69, 9.17) is 4.42 Å². The Morgan fingerprint density at radius 3 is 2.91 bits per heavy atom. The molecule has 0 aliphatic carbocycles. The Bertz CT molecular complexity index is 1060. The first-order valence-electron chi connectivity index (χ1n) is 6.63. The van der Waals surface area contributed by atoms with Crippen LogP contribution in [0.1, 0.15) is 0 Å². The summed E-state index contributed by atoms with van der Waals surface area (Å²) in [5, 5.41) is 22.9. The van der Waals surface area contributed by atoms with E-state index in [1.54, 1.807) is 18.5 Å². The topological polar surface area (TPSA) is 83.3 Å². The fourth-order valence-corrected chi connectivity index (χ4v) is 2.44. The van der Waals surface area contributed by atoms with E-state index >= 15 is 0 Å². The van der Waals surface area contributed by atoms with Gasteiger partial charge >= 0.3 is 0 Å². The fourth-order valence-electron chi connectivity index (χ4n) is 2.44. The van der Waals surface area contributed by atoms with Crippen molar-refractivity contribution in [2.75, 3.05) is 0 Å². The Labute approximate surface area is 124 Å². The van der Waals surface area contributed by atoms with E-state index in [0.29, 0.717) is 27.8 Å². The molecule has 0 unspecified atom stereocenters. The molecule has 3 heterocycles. The molecule has 0 bridgehead atoms. The molecule has 0 saturated carbocycles. The Kier molecular flexibility index (Phi) is 2.62. The van der Waals surface area contributed by atoms with Crippen LogP contribution in [0.15, 0.2) is 64.6 Å². The molecule has 0 fully saturated rings. The van der Waals surface area contributed by atoms with Crippen LogP contribution in [0, 0.1) is 0 Å². The smallest absolute Gasteiger partial charge is 0.155 e. The highest BCUT2D eigenvalue weighted by atomic mass is 16.4. The molecule has 2 N–H and O–H groups in total. The summed E-state index contributed by atoms with van der Waals surface area (Å²) in [6, 6.07) is 12.0. The lowest BCUT2D eigenvalue weighted by atomic mass is 10.2. The van der Waals surface area contributed by atoms with Crippen molar-refractivity contribution in [3.05, 3.63) is 60.3 Å². The number of nitrogens with zero attached hydrogens (tertiary/aromatic N) is 3. The predicted octanol–water partition coefficient (Wildman–Crippen LogP) is 2.74. The van der Waals surface area contributed by atoms with Gasteiger partial charge in [-0.1, -0.05) is 5.16 Å². The maximum absolute atomic E-state index is 9.55. The van der Waals surface area contributed by atoms with Crippen LogP contribution in [0.4, 0.5) is 0 Å². The fraction of sp³-hybridized carbons (Fsp3) is 0. The van der Waals surface area contributed by atoms with Gasteiger partial charge in [0.15, 0.2) is 5.76 Å². The van der Waals surface area contributed by atoms with Crippen molar-refractivity contribution in [2.24, 2.45) is 5.16 Å². The van der Waals surface area contributed by atoms with E-state index in [1.165, 1.54) is 12.1 Å². The lowest BCUT2D eigenvalue weighted by molar-refractivity contribution is 0.302. The number of rotatable bonds is 1. The Balaban J connectivity index is 2.00. The molecule has 0 atom stereocenters. The van der Waals surface area contributed by atoms with Crippen LogP contribution in [0.25, 0.3) is 27.9 Å². The zero-order valence-electron chi connectivity index (χ0n) is 11.3. The van der Waals surface area contributed by atoms with Gasteiger partial charge in [-0.25, -0.2) is 4.98 Å². The molecule has 0 spiro atoms. The highest BCUT2D eigenvalue weighted by molar-refractivity contribution is 5.79. The molecule has 3 aromatic heterocycles. The maximum atomic E-state index is 9.55. The standard InChI is InChI=1S/C16H11N3O3/c20-11-3-4-15-12(7-11)13(18-21)8-16(22-15)14-6-10-2-1-5-19(10)9-17-14/h1-9,20-21H/b18-13-. The first-order chi connectivity index (χ1) is 10.7. The van der Waals surface area contributed by atoms with Crippen LogP contribution in [0.5, 0.6) is 5.75 Å². The van der Waals surface area contributed by atoms with Crippen molar-refractivity contribution < 1.29 is 14.7 Å². The van der Waals surface area contributed by atoms with Crippen LogP contribution < -0.4 is 5.36 Å². The minimum absolute atomic E-state index is 0.0769. The van der Waals surface area contributed by atoms with Crippen molar-refractivity contribution in [3.63, 3.8) is 0 Å². The zero-order chi connectivity index (χ0) is 15.1. The van der Waals surface area contributed by atoms with Crippen molar-refractivity contribution in [1.29, 1.82) is 0 Å². The average molecular weight is 293 g/mol. The molecule has 4 rings (SSSR count). The first kappa shape index (κ1) is 12.5. The van der Waals surface area contributed by atoms with Gasteiger partial charge in [-0.15, -0.1) is 0 Å². The third kappa shape index (κ3) is 1.89. The van der Waals surface area contributed by atoms with E-state index in [0.717, 1.165) is 5.52 Å². The minimum Gasteiger partial charge on any atom is -0.508 e. The van der Waals surface area contributed by atoms with Gasteiger partial charge in [0.2, 0.25) is 0 Å². The Hall–Kier alpha value is -3.28. The second-order valence-corrected chi connectivity index (χ2v) is 4.89. The molecule has 4 aromatic rings. The van der Waals surface area contributed by atoms with Crippen molar-refractivity contribution in [3.8, 4) is 17.2 Å². The van der Waals surface area contributed by atoms with Gasteiger partial charge in [0.05, 0.1) is 11.7 Å². The molecule has 0 aliphatic rings. The quantitative estimate of drug-likeness (QED) is 0.417. The van der Waals surface area contributed by atoms with Crippen LogP contribution in [-0.2, 0) is 0 Å². The van der Waals surface area contributed by atoms with Gasteiger partial charge in [0.25, 0.3) is 0 Å². The van der Waals surface area contributed by atoms with Crippen molar-refractivity contribution >= 4 is 16.5 Å². The van der Waals surface area contributed by atoms with Gasteiger partial charge in [-0.2, -0.15) is 0 Å². The molecule has 22 heavy (non-hydrogen) atoms. The number of hydrogen-bond acceptors (Lipinski definition) is 5. The summed E-state index contributed by atoms with van der Waals surface area (Å²) in [7, 11) is 0. The second-order valence-electron chi connectivity index (χ2n) is 4.89. The highest BCUT2D eigenvalue weighted by Crippen LogP contribution is 2.23. The van der Waals surface area contributed by atoms with Crippen molar-refractivity contribution in [2.45, 2.75) is 0 Å². The van der Waals surface area contributed by atoms with E-state index < -0.39 is 0 Å². The van der Waals surface area contributed by atoms with Crippen LogP contribution in [0.2, 0.25) is 0 Å².